The van der Waals surface area contributed by atoms with Crippen molar-refractivity contribution in [3.05, 3.63) is 35.9 Å². The first-order chi connectivity index (χ1) is 10.2. The Balaban J connectivity index is 1.81. The lowest BCUT2D eigenvalue weighted by Crippen LogP contribution is -2.44. The van der Waals surface area contributed by atoms with E-state index >= 15 is 0 Å². The van der Waals surface area contributed by atoms with Gasteiger partial charge in [-0.15, -0.1) is 0 Å². The molecule has 0 amide bonds. The number of piperidine rings is 1. The first-order valence-corrected chi connectivity index (χ1v) is 7.91. The molecule has 0 bridgehead atoms. The van der Waals surface area contributed by atoms with Gasteiger partial charge in [-0.25, -0.2) is 0 Å². The van der Waals surface area contributed by atoms with Gasteiger partial charge in [-0.1, -0.05) is 36.8 Å². The lowest BCUT2D eigenvalue weighted by Gasteiger charge is -2.32. The van der Waals surface area contributed by atoms with Crippen LogP contribution in [0.15, 0.2) is 30.3 Å². The van der Waals surface area contributed by atoms with Gasteiger partial charge in [0.05, 0.1) is 5.92 Å². The van der Waals surface area contributed by atoms with Gasteiger partial charge in [-0.3, -0.25) is 9.69 Å². The van der Waals surface area contributed by atoms with Crippen LogP contribution in [0.25, 0.3) is 0 Å². The van der Waals surface area contributed by atoms with E-state index in [-0.39, 0.29) is 0 Å². The summed E-state index contributed by atoms with van der Waals surface area (Å²) in [6.45, 7) is 5.89. The summed E-state index contributed by atoms with van der Waals surface area (Å²) in [6, 6.07) is 9.93. The average Bonchev–Trinajstić information content (AvgIpc) is 2.52. The van der Waals surface area contributed by atoms with Gasteiger partial charge in [-0.2, -0.15) is 0 Å². The third-order valence-electron chi connectivity index (χ3n) is 4.30. The Labute approximate surface area is 127 Å². The number of likely N-dealkylation sites (tertiary alicyclic amines) is 1. The molecular weight excluding hydrogens is 264 g/mol. The predicted molar refractivity (Wildman–Crippen MR) is 84.6 cm³/mol. The number of benzene rings is 1. The van der Waals surface area contributed by atoms with E-state index < -0.39 is 11.9 Å². The van der Waals surface area contributed by atoms with Crippen LogP contribution in [0.2, 0.25) is 0 Å². The van der Waals surface area contributed by atoms with Crippen LogP contribution < -0.4 is 5.32 Å². The average molecular weight is 290 g/mol. The standard InChI is InChI=1S/C17H26N2O2/c1-14(19-10-6-3-7-11-19)12-18-13-16(17(20)21)15-8-4-2-5-9-15/h2,4-5,8-9,14,16,18H,3,6-7,10-13H2,1H3,(H,20,21). The quantitative estimate of drug-likeness (QED) is 0.809. The minimum Gasteiger partial charge on any atom is -0.481 e. The summed E-state index contributed by atoms with van der Waals surface area (Å²) in [4.78, 5) is 13.9. The van der Waals surface area contributed by atoms with Crippen molar-refractivity contribution in [2.75, 3.05) is 26.2 Å². The van der Waals surface area contributed by atoms with Gasteiger partial charge in [0, 0.05) is 19.1 Å². The van der Waals surface area contributed by atoms with E-state index in [1.807, 2.05) is 30.3 Å². The van der Waals surface area contributed by atoms with Gasteiger partial charge < -0.3 is 10.4 Å². The number of hydrogen-bond acceptors (Lipinski definition) is 3. The number of aliphatic carboxylic acids is 1. The van der Waals surface area contributed by atoms with Crippen LogP contribution in [0.4, 0.5) is 0 Å². The van der Waals surface area contributed by atoms with E-state index in [0.29, 0.717) is 12.6 Å². The molecule has 0 spiro atoms. The van der Waals surface area contributed by atoms with Crippen LogP contribution in [0, 0.1) is 0 Å². The normalized spacial score (nSPS) is 19.1. The summed E-state index contributed by atoms with van der Waals surface area (Å²) in [7, 11) is 0. The zero-order chi connectivity index (χ0) is 15.1. The van der Waals surface area contributed by atoms with Crippen molar-refractivity contribution in [3.8, 4) is 0 Å². The highest BCUT2D eigenvalue weighted by atomic mass is 16.4. The van der Waals surface area contributed by atoms with Gasteiger partial charge in [0.25, 0.3) is 0 Å². The summed E-state index contributed by atoms with van der Waals surface area (Å²) in [6.07, 6.45) is 3.91. The fourth-order valence-corrected chi connectivity index (χ4v) is 2.96. The molecule has 0 radical (unpaired) electrons. The van der Waals surface area contributed by atoms with Crippen molar-refractivity contribution in [2.24, 2.45) is 0 Å². The molecule has 1 aromatic carbocycles. The van der Waals surface area contributed by atoms with Crippen LogP contribution >= 0.6 is 0 Å². The maximum atomic E-state index is 11.4. The molecule has 4 heteroatoms. The molecule has 116 valence electrons. The molecule has 1 heterocycles. The molecule has 2 N–H and O–H groups in total. The molecule has 2 atom stereocenters. The molecule has 4 nitrogen and oxygen atoms in total. The summed E-state index contributed by atoms with van der Waals surface area (Å²) in [5, 5.41) is 12.7. The SMILES string of the molecule is CC(CNCC(C(=O)O)c1ccccc1)N1CCCCC1. The van der Waals surface area contributed by atoms with E-state index in [9.17, 15) is 9.90 Å². The zero-order valence-corrected chi connectivity index (χ0v) is 12.8. The highest BCUT2D eigenvalue weighted by Gasteiger charge is 2.21. The third-order valence-corrected chi connectivity index (χ3v) is 4.30. The molecule has 1 saturated heterocycles. The van der Waals surface area contributed by atoms with Crippen LogP contribution in [-0.2, 0) is 4.79 Å². The van der Waals surface area contributed by atoms with Crippen molar-refractivity contribution in [2.45, 2.75) is 38.1 Å². The fraction of sp³-hybridized carbons (Fsp3) is 0.588. The number of rotatable bonds is 7. The monoisotopic (exact) mass is 290 g/mol. The third kappa shape index (κ3) is 4.83. The lowest BCUT2D eigenvalue weighted by molar-refractivity contribution is -0.138. The minimum absolute atomic E-state index is 0.468. The highest BCUT2D eigenvalue weighted by molar-refractivity contribution is 5.76. The molecule has 2 rings (SSSR count). The van der Waals surface area contributed by atoms with Crippen molar-refractivity contribution in [1.29, 1.82) is 0 Å². The Morgan fingerprint density at radius 2 is 1.86 bits per heavy atom. The Hall–Kier alpha value is -1.39. The van der Waals surface area contributed by atoms with Gasteiger partial charge in [0.15, 0.2) is 0 Å². The molecular formula is C17H26N2O2. The van der Waals surface area contributed by atoms with E-state index in [4.69, 9.17) is 0 Å². The van der Waals surface area contributed by atoms with Gasteiger partial charge >= 0.3 is 5.97 Å². The molecule has 1 fully saturated rings. The van der Waals surface area contributed by atoms with Crippen molar-refractivity contribution in [1.82, 2.24) is 10.2 Å². The van der Waals surface area contributed by atoms with Crippen molar-refractivity contribution in [3.63, 3.8) is 0 Å². The lowest BCUT2D eigenvalue weighted by atomic mass is 9.99. The van der Waals surface area contributed by atoms with E-state index in [2.05, 4.69) is 17.1 Å². The maximum Gasteiger partial charge on any atom is 0.312 e. The Kier molecular flexibility index (Phi) is 6.21. The molecule has 0 aliphatic carbocycles. The summed E-state index contributed by atoms with van der Waals surface area (Å²) >= 11 is 0. The first kappa shape index (κ1) is 16.0. The van der Waals surface area contributed by atoms with E-state index in [0.717, 1.165) is 12.1 Å². The first-order valence-electron chi connectivity index (χ1n) is 7.91. The molecule has 1 aliphatic heterocycles. The van der Waals surface area contributed by atoms with Gasteiger partial charge in [0.2, 0.25) is 0 Å². The summed E-state index contributed by atoms with van der Waals surface area (Å²) in [5.41, 5.74) is 0.864. The number of nitrogens with zero attached hydrogens (tertiary/aromatic N) is 1. The van der Waals surface area contributed by atoms with Crippen molar-refractivity contribution >= 4 is 5.97 Å². The van der Waals surface area contributed by atoms with Gasteiger partial charge in [-0.05, 0) is 38.4 Å². The second-order valence-corrected chi connectivity index (χ2v) is 5.91. The summed E-state index contributed by atoms with van der Waals surface area (Å²) < 4.78 is 0. The minimum atomic E-state index is -0.765. The number of carbonyl (C=O) groups is 1. The highest BCUT2D eigenvalue weighted by Crippen LogP contribution is 2.15. The van der Waals surface area contributed by atoms with E-state index in [1.165, 1.54) is 32.4 Å². The maximum absolute atomic E-state index is 11.4. The van der Waals surface area contributed by atoms with Crippen LogP contribution in [0.3, 0.4) is 0 Å². The zero-order valence-electron chi connectivity index (χ0n) is 12.8. The largest absolute Gasteiger partial charge is 0.481 e. The summed E-state index contributed by atoms with van der Waals surface area (Å²) in [5.74, 6) is -1.24. The Morgan fingerprint density at radius 1 is 1.19 bits per heavy atom. The topological polar surface area (TPSA) is 52.6 Å². The molecule has 1 aromatic rings. The number of nitrogens with one attached hydrogen (secondary N) is 1. The number of carboxylic acids is 1. The van der Waals surface area contributed by atoms with E-state index in [1.54, 1.807) is 0 Å². The molecule has 1 aliphatic rings. The van der Waals surface area contributed by atoms with Crippen LogP contribution in [0.5, 0.6) is 0 Å². The smallest absolute Gasteiger partial charge is 0.312 e. The number of hydrogen-bond donors (Lipinski definition) is 2. The van der Waals surface area contributed by atoms with Crippen LogP contribution in [0.1, 0.15) is 37.7 Å². The second-order valence-electron chi connectivity index (χ2n) is 5.91. The Morgan fingerprint density at radius 3 is 2.48 bits per heavy atom. The fourth-order valence-electron chi connectivity index (χ4n) is 2.96. The van der Waals surface area contributed by atoms with Gasteiger partial charge in [0.1, 0.15) is 0 Å². The molecule has 0 aromatic heterocycles. The Bertz CT molecular complexity index is 430. The predicted octanol–water partition coefficient (Wildman–Crippen LogP) is 2.32. The van der Waals surface area contributed by atoms with Crippen LogP contribution in [-0.4, -0.2) is 48.2 Å². The molecule has 2 unspecified atom stereocenters. The molecule has 0 saturated carbocycles. The molecule has 21 heavy (non-hydrogen) atoms. The number of carboxylic acid groups (broad SMARTS) is 1. The second kappa shape index (κ2) is 8.15. The van der Waals surface area contributed by atoms with Crippen molar-refractivity contribution < 1.29 is 9.90 Å².